The van der Waals surface area contributed by atoms with Crippen molar-refractivity contribution in [3.8, 4) is 0 Å². The predicted octanol–water partition coefficient (Wildman–Crippen LogP) is 1.07. The molecule has 0 heterocycles. The molecule has 0 aliphatic heterocycles. The molecule has 0 bridgehead atoms. The molecule has 104 valence electrons. The summed E-state index contributed by atoms with van der Waals surface area (Å²) in [5.74, 6) is -0.247. The van der Waals surface area contributed by atoms with Gasteiger partial charge in [0.1, 0.15) is 0 Å². The summed E-state index contributed by atoms with van der Waals surface area (Å²) in [6, 6.07) is 9.61. The number of ketones is 1. The van der Waals surface area contributed by atoms with Gasteiger partial charge in [-0.2, -0.15) is 0 Å². The van der Waals surface area contributed by atoms with Crippen LogP contribution in [-0.4, -0.2) is 16.0 Å². The lowest BCUT2D eigenvalue weighted by atomic mass is 9.94. The summed E-state index contributed by atoms with van der Waals surface area (Å²) >= 11 is 0. The van der Waals surface area contributed by atoms with Crippen LogP contribution in [0.25, 0.3) is 0 Å². The number of anilines is 2. The number of hydrogen-bond acceptors (Lipinski definition) is 5. The number of benzene rings is 2. The summed E-state index contributed by atoms with van der Waals surface area (Å²) in [4.78, 5) is 12.4. The Morgan fingerprint density at radius 2 is 1.50 bits per heavy atom. The van der Waals surface area contributed by atoms with Crippen molar-refractivity contribution < 1.29 is 15.0 Å². The first-order valence-electron chi connectivity index (χ1n) is 6.10. The van der Waals surface area contributed by atoms with Gasteiger partial charge in [0.05, 0.1) is 13.2 Å². The fraction of sp³-hybridized carbons (Fsp3) is 0.133. The molecule has 0 fully saturated rings. The second kappa shape index (κ2) is 5.73. The van der Waals surface area contributed by atoms with E-state index >= 15 is 0 Å². The lowest BCUT2D eigenvalue weighted by molar-refractivity contribution is 0.103. The molecule has 2 rings (SSSR count). The van der Waals surface area contributed by atoms with Crippen molar-refractivity contribution in [1.29, 1.82) is 0 Å². The van der Waals surface area contributed by atoms with Gasteiger partial charge in [0, 0.05) is 28.1 Å². The van der Waals surface area contributed by atoms with Crippen LogP contribution >= 0.6 is 0 Å². The Balaban J connectivity index is 2.52. The van der Waals surface area contributed by atoms with Gasteiger partial charge in [0.25, 0.3) is 0 Å². The smallest absolute Gasteiger partial charge is 0.193 e. The van der Waals surface area contributed by atoms with Crippen molar-refractivity contribution in [2.45, 2.75) is 13.2 Å². The number of nitrogens with two attached hydrogens (primary N) is 2. The molecule has 0 aromatic heterocycles. The SMILES string of the molecule is Nc1ccc(C(=O)c2ccc(N)c(CO)c2CO)cc1. The fourth-order valence-corrected chi connectivity index (χ4v) is 2.08. The summed E-state index contributed by atoms with van der Waals surface area (Å²) in [7, 11) is 0. The standard InChI is InChI=1S/C15H16N2O3/c16-10-3-1-9(2-4-10)15(20)11-5-6-14(17)13(8-19)12(11)7-18/h1-6,18-19H,7-8,16-17H2. The van der Waals surface area contributed by atoms with Gasteiger partial charge in [0.15, 0.2) is 5.78 Å². The zero-order chi connectivity index (χ0) is 14.7. The van der Waals surface area contributed by atoms with Crippen molar-refractivity contribution in [3.63, 3.8) is 0 Å². The van der Waals surface area contributed by atoms with Gasteiger partial charge in [-0.1, -0.05) is 0 Å². The van der Waals surface area contributed by atoms with Gasteiger partial charge >= 0.3 is 0 Å². The van der Waals surface area contributed by atoms with Gasteiger partial charge in [-0.25, -0.2) is 0 Å². The second-order valence-corrected chi connectivity index (χ2v) is 4.43. The number of nitrogen functional groups attached to an aromatic ring is 2. The highest BCUT2D eigenvalue weighted by Gasteiger charge is 2.17. The number of carbonyl (C=O) groups excluding carboxylic acids is 1. The third kappa shape index (κ3) is 2.49. The molecule has 20 heavy (non-hydrogen) atoms. The number of aliphatic hydroxyl groups excluding tert-OH is 2. The van der Waals surface area contributed by atoms with Gasteiger partial charge in [-0.05, 0) is 42.0 Å². The van der Waals surface area contributed by atoms with E-state index in [-0.39, 0.29) is 19.0 Å². The molecule has 0 aliphatic carbocycles. The first-order chi connectivity index (χ1) is 9.58. The molecule has 6 N–H and O–H groups in total. The monoisotopic (exact) mass is 272 g/mol. The van der Waals surface area contributed by atoms with Crippen LogP contribution in [-0.2, 0) is 13.2 Å². The molecule has 0 atom stereocenters. The van der Waals surface area contributed by atoms with Crippen molar-refractivity contribution >= 4 is 17.2 Å². The molecule has 0 amide bonds. The fourth-order valence-electron chi connectivity index (χ4n) is 2.08. The van der Waals surface area contributed by atoms with Crippen LogP contribution < -0.4 is 11.5 Å². The van der Waals surface area contributed by atoms with E-state index in [0.717, 1.165) is 0 Å². The quantitative estimate of drug-likeness (QED) is 0.491. The largest absolute Gasteiger partial charge is 0.399 e. The minimum atomic E-state index is -0.364. The molecule has 5 nitrogen and oxygen atoms in total. The number of rotatable bonds is 4. The van der Waals surface area contributed by atoms with Crippen LogP contribution in [0, 0.1) is 0 Å². The Morgan fingerprint density at radius 1 is 0.900 bits per heavy atom. The maximum absolute atomic E-state index is 12.4. The summed E-state index contributed by atoms with van der Waals surface area (Å²) in [5.41, 5.74) is 13.8. The Morgan fingerprint density at radius 3 is 2.05 bits per heavy atom. The molecular weight excluding hydrogens is 256 g/mol. The maximum Gasteiger partial charge on any atom is 0.193 e. The normalized spacial score (nSPS) is 10.5. The number of aliphatic hydroxyl groups is 2. The van der Waals surface area contributed by atoms with E-state index in [1.807, 2.05) is 0 Å². The highest BCUT2D eigenvalue weighted by molar-refractivity contribution is 6.10. The van der Waals surface area contributed by atoms with Crippen LogP contribution in [0.1, 0.15) is 27.0 Å². The van der Waals surface area contributed by atoms with Crippen molar-refractivity contribution in [1.82, 2.24) is 0 Å². The summed E-state index contributed by atoms with van der Waals surface area (Å²) in [6.07, 6.45) is 0. The Bertz CT molecular complexity index is 636. The number of carbonyl (C=O) groups is 1. The summed E-state index contributed by atoms with van der Waals surface area (Å²) < 4.78 is 0. The Kier molecular flexibility index (Phi) is 4.02. The minimum Gasteiger partial charge on any atom is -0.399 e. The van der Waals surface area contributed by atoms with Gasteiger partial charge < -0.3 is 21.7 Å². The van der Waals surface area contributed by atoms with E-state index in [4.69, 9.17) is 11.5 Å². The molecule has 2 aromatic rings. The van der Waals surface area contributed by atoms with E-state index in [1.54, 1.807) is 36.4 Å². The highest BCUT2D eigenvalue weighted by atomic mass is 16.3. The van der Waals surface area contributed by atoms with Crippen molar-refractivity contribution in [3.05, 3.63) is 58.7 Å². The molecule has 0 saturated heterocycles. The van der Waals surface area contributed by atoms with Crippen molar-refractivity contribution in [2.24, 2.45) is 0 Å². The van der Waals surface area contributed by atoms with E-state index in [2.05, 4.69) is 0 Å². The molecule has 0 radical (unpaired) electrons. The van der Waals surface area contributed by atoms with Crippen LogP contribution in [0.4, 0.5) is 11.4 Å². The van der Waals surface area contributed by atoms with E-state index < -0.39 is 0 Å². The van der Waals surface area contributed by atoms with E-state index in [1.165, 1.54) is 0 Å². The maximum atomic E-state index is 12.4. The molecule has 0 saturated carbocycles. The third-order valence-electron chi connectivity index (χ3n) is 3.20. The molecular formula is C15H16N2O3. The second-order valence-electron chi connectivity index (χ2n) is 4.43. The number of hydrogen-bond donors (Lipinski definition) is 4. The molecule has 2 aromatic carbocycles. The topological polar surface area (TPSA) is 110 Å². The Labute approximate surface area is 116 Å². The highest BCUT2D eigenvalue weighted by Crippen LogP contribution is 2.24. The first-order valence-corrected chi connectivity index (χ1v) is 6.10. The minimum absolute atomic E-state index is 0.247. The average molecular weight is 272 g/mol. The molecule has 0 aliphatic rings. The zero-order valence-electron chi connectivity index (χ0n) is 10.8. The lowest BCUT2D eigenvalue weighted by Crippen LogP contribution is -2.10. The average Bonchev–Trinajstić information content (AvgIpc) is 2.46. The molecule has 5 heteroatoms. The van der Waals surface area contributed by atoms with Crippen LogP contribution in [0.5, 0.6) is 0 Å². The Hall–Kier alpha value is -2.37. The third-order valence-corrected chi connectivity index (χ3v) is 3.20. The van der Waals surface area contributed by atoms with Crippen LogP contribution in [0.2, 0.25) is 0 Å². The van der Waals surface area contributed by atoms with E-state index in [9.17, 15) is 15.0 Å². The predicted molar refractivity (Wildman–Crippen MR) is 77.0 cm³/mol. The summed E-state index contributed by atoms with van der Waals surface area (Å²) in [5, 5.41) is 18.8. The molecule has 0 unspecified atom stereocenters. The van der Waals surface area contributed by atoms with E-state index in [0.29, 0.717) is 33.6 Å². The molecule has 0 spiro atoms. The van der Waals surface area contributed by atoms with Crippen LogP contribution in [0.15, 0.2) is 36.4 Å². The first kappa shape index (κ1) is 14.0. The van der Waals surface area contributed by atoms with Crippen molar-refractivity contribution in [2.75, 3.05) is 11.5 Å². The van der Waals surface area contributed by atoms with Gasteiger partial charge in [-0.3, -0.25) is 4.79 Å². The zero-order valence-corrected chi connectivity index (χ0v) is 10.8. The van der Waals surface area contributed by atoms with Gasteiger partial charge in [-0.15, -0.1) is 0 Å². The van der Waals surface area contributed by atoms with Gasteiger partial charge in [0.2, 0.25) is 0 Å². The van der Waals surface area contributed by atoms with Crippen LogP contribution in [0.3, 0.4) is 0 Å². The lowest BCUT2D eigenvalue weighted by Gasteiger charge is -2.13. The summed E-state index contributed by atoms with van der Waals surface area (Å²) in [6.45, 7) is -0.693.